The van der Waals surface area contributed by atoms with E-state index in [1.54, 1.807) is 0 Å². The molecule has 3 nitrogen and oxygen atoms in total. The molecular formula is C14H25N3. The fourth-order valence-electron chi connectivity index (χ4n) is 3.63. The van der Waals surface area contributed by atoms with Crippen molar-refractivity contribution in [1.82, 2.24) is 10.2 Å². The van der Waals surface area contributed by atoms with Crippen LogP contribution in [0.5, 0.6) is 0 Å². The molecule has 2 atom stereocenters. The van der Waals surface area contributed by atoms with Gasteiger partial charge in [0.15, 0.2) is 0 Å². The molecule has 2 saturated heterocycles. The highest BCUT2D eigenvalue weighted by Gasteiger charge is 2.42. The van der Waals surface area contributed by atoms with Crippen molar-refractivity contribution in [2.75, 3.05) is 26.2 Å². The molecule has 0 bridgehead atoms. The summed E-state index contributed by atoms with van der Waals surface area (Å²) in [7, 11) is 0. The standard InChI is InChI=1S/C14H25N3/c1-13-10-14(12-16-11-13)6-5-9-17(14)8-4-2-3-7-15/h13,16H,2-6,8-12H2,1H3. The summed E-state index contributed by atoms with van der Waals surface area (Å²) in [6.07, 6.45) is 7.04. The second kappa shape index (κ2) is 5.84. The molecule has 0 aromatic rings. The zero-order valence-corrected chi connectivity index (χ0v) is 11.0. The highest BCUT2D eigenvalue weighted by atomic mass is 15.2. The van der Waals surface area contributed by atoms with E-state index in [2.05, 4.69) is 23.2 Å². The van der Waals surface area contributed by atoms with E-state index >= 15 is 0 Å². The summed E-state index contributed by atoms with van der Waals surface area (Å²) < 4.78 is 0. The number of hydrogen-bond acceptors (Lipinski definition) is 3. The quantitative estimate of drug-likeness (QED) is 0.759. The van der Waals surface area contributed by atoms with Gasteiger partial charge in [0.25, 0.3) is 0 Å². The minimum Gasteiger partial charge on any atom is -0.315 e. The van der Waals surface area contributed by atoms with Gasteiger partial charge in [-0.15, -0.1) is 0 Å². The number of hydrogen-bond donors (Lipinski definition) is 1. The maximum absolute atomic E-state index is 8.56. The summed E-state index contributed by atoms with van der Waals surface area (Å²) in [6, 6.07) is 2.24. The van der Waals surface area contributed by atoms with E-state index in [9.17, 15) is 0 Å². The lowest BCUT2D eigenvalue weighted by Crippen LogP contribution is -2.56. The Balaban J connectivity index is 1.85. The molecule has 2 aliphatic heterocycles. The second-order valence-corrected chi connectivity index (χ2v) is 5.87. The van der Waals surface area contributed by atoms with E-state index in [-0.39, 0.29) is 0 Å². The number of nitriles is 1. The average Bonchev–Trinajstić information content (AvgIpc) is 2.67. The van der Waals surface area contributed by atoms with Crippen LogP contribution in [0.15, 0.2) is 0 Å². The minimum atomic E-state index is 0.449. The lowest BCUT2D eigenvalue weighted by molar-refractivity contribution is 0.0828. The van der Waals surface area contributed by atoms with Gasteiger partial charge < -0.3 is 5.32 Å². The Hall–Kier alpha value is -0.590. The van der Waals surface area contributed by atoms with Crippen LogP contribution in [0.1, 0.15) is 45.4 Å². The first kappa shape index (κ1) is 12.9. The summed E-state index contributed by atoms with van der Waals surface area (Å²) in [5.74, 6) is 0.809. The average molecular weight is 235 g/mol. The predicted molar refractivity (Wildman–Crippen MR) is 69.7 cm³/mol. The predicted octanol–water partition coefficient (Wildman–Crippen LogP) is 2.14. The lowest BCUT2D eigenvalue weighted by Gasteiger charge is -2.44. The van der Waals surface area contributed by atoms with Crippen molar-refractivity contribution in [3.8, 4) is 6.07 Å². The Kier molecular flexibility index (Phi) is 4.42. The van der Waals surface area contributed by atoms with Gasteiger partial charge in [0.1, 0.15) is 0 Å². The van der Waals surface area contributed by atoms with Crippen LogP contribution in [0.4, 0.5) is 0 Å². The maximum atomic E-state index is 8.56. The maximum Gasteiger partial charge on any atom is 0.0621 e. The molecule has 0 saturated carbocycles. The zero-order valence-electron chi connectivity index (χ0n) is 11.0. The smallest absolute Gasteiger partial charge is 0.0621 e. The second-order valence-electron chi connectivity index (χ2n) is 5.87. The molecule has 3 heteroatoms. The van der Waals surface area contributed by atoms with E-state index in [4.69, 9.17) is 5.26 Å². The SMILES string of the molecule is CC1CNCC2(CCCN2CCCCC#N)C1. The first-order valence-corrected chi connectivity index (χ1v) is 7.09. The van der Waals surface area contributed by atoms with E-state index < -0.39 is 0 Å². The first-order valence-electron chi connectivity index (χ1n) is 7.09. The van der Waals surface area contributed by atoms with Gasteiger partial charge in [-0.05, 0) is 57.7 Å². The van der Waals surface area contributed by atoms with Crippen LogP contribution in [-0.4, -0.2) is 36.6 Å². The molecular weight excluding hydrogens is 210 g/mol. The third-order valence-corrected chi connectivity index (χ3v) is 4.38. The summed E-state index contributed by atoms with van der Waals surface area (Å²) in [6.45, 7) is 7.18. The van der Waals surface area contributed by atoms with Crippen molar-refractivity contribution >= 4 is 0 Å². The summed E-state index contributed by atoms with van der Waals surface area (Å²) in [5, 5.41) is 12.2. The zero-order chi connectivity index (χ0) is 12.1. The number of nitrogens with one attached hydrogen (secondary N) is 1. The molecule has 2 fully saturated rings. The van der Waals surface area contributed by atoms with Crippen molar-refractivity contribution in [2.24, 2.45) is 5.92 Å². The molecule has 0 amide bonds. The van der Waals surface area contributed by atoms with Crippen molar-refractivity contribution in [3.05, 3.63) is 0 Å². The van der Waals surface area contributed by atoms with Crippen LogP contribution < -0.4 is 5.32 Å². The summed E-state index contributed by atoms with van der Waals surface area (Å²) >= 11 is 0. The Morgan fingerprint density at radius 3 is 3.12 bits per heavy atom. The molecule has 2 unspecified atom stereocenters. The van der Waals surface area contributed by atoms with E-state index in [1.165, 1.54) is 51.9 Å². The van der Waals surface area contributed by atoms with Gasteiger partial charge in [-0.3, -0.25) is 4.90 Å². The highest BCUT2D eigenvalue weighted by molar-refractivity contribution is 5.01. The van der Waals surface area contributed by atoms with Gasteiger partial charge in [0, 0.05) is 18.5 Å². The monoisotopic (exact) mass is 235 g/mol. The van der Waals surface area contributed by atoms with Crippen LogP contribution in [0.2, 0.25) is 0 Å². The van der Waals surface area contributed by atoms with Gasteiger partial charge in [-0.1, -0.05) is 6.92 Å². The number of nitrogens with zero attached hydrogens (tertiary/aromatic N) is 2. The van der Waals surface area contributed by atoms with Crippen molar-refractivity contribution < 1.29 is 0 Å². The van der Waals surface area contributed by atoms with Gasteiger partial charge in [-0.2, -0.15) is 5.26 Å². The molecule has 1 N–H and O–H groups in total. The number of piperidine rings is 1. The van der Waals surface area contributed by atoms with Gasteiger partial charge in [-0.25, -0.2) is 0 Å². The number of unbranched alkanes of at least 4 members (excludes halogenated alkanes) is 2. The lowest BCUT2D eigenvalue weighted by atomic mass is 9.82. The third kappa shape index (κ3) is 3.00. The molecule has 0 aromatic carbocycles. The number of rotatable bonds is 4. The van der Waals surface area contributed by atoms with Gasteiger partial charge in [0.2, 0.25) is 0 Å². The molecule has 2 aliphatic rings. The number of likely N-dealkylation sites (tertiary alicyclic amines) is 1. The Morgan fingerprint density at radius 1 is 1.47 bits per heavy atom. The summed E-state index contributed by atoms with van der Waals surface area (Å²) in [4.78, 5) is 2.70. The molecule has 1 spiro atoms. The molecule has 0 radical (unpaired) electrons. The minimum absolute atomic E-state index is 0.449. The highest BCUT2D eigenvalue weighted by Crippen LogP contribution is 2.36. The molecule has 17 heavy (non-hydrogen) atoms. The summed E-state index contributed by atoms with van der Waals surface area (Å²) in [5.41, 5.74) is 0.449. The largest absolute Gasteiger partial charge is 0.315 e. The van der Waals surface area contributed by atoms with E-state index in [1.807, 2.05) is 0 Å². The molecule has 2 rings (SSSR count). The molecule has 0 aromatic heterocycles. The Bertz CT molecular complexity index is 284. The van der Waals surface area contributed by atoms with Crippen molar-refractivity contribution in [1.29, 1.82) is 5.26 Å². The molecule has 96 valence electrons. The van der Waals surface area contributed by atoms with Crippen LogP contribution in [0, 0.1) is 17.2 Å². The van der Waals surface area contributed by atoms with Crippen LogP contribution in [-0.2, 0) is 0 Å². The van der Waals surface area contributed by atoms with Crippen LogP contribution in [0.25, 0.3) is 0 Å². The molecule has 2 heterocycles. The first-order chi connectivity index (χ1) is 8.27. The fourth-order valence-corrected chi connectivity index (χ4v) is 3.63. The Labute approximate surface area is 105 Å². The van der Waals surface area contributed by atoms with E-state index in [0.717, 1.165) is 18.8 Å². The van der Waals surface area contributed by atoms with Gasteiger partial charge in [0.05, 0.1) is 6.07 Å². The van der Waals surface area contributed by atoms with E-state index in [0.29, 0.717) is 5.54 Å². The molecule has 0 aliphatic carbocycles. The van der Waals surface area contributed by atoms with Gasteiger partial charge >= 0.3 is 0 Å². The van der Waals surface area contributed by atoms with Crippen molar-refractivity contribution in [2.45, 2.75) is 51.0 Å². The Morgan fingerprint density at radius 2 is 2.35 bits per heavy atom. The van der Waals surface area contributed by atoms with Crippen LogP contribution >= 0.6 is 0 Å². The van der Waals surface area contributed by atoms with Crippen LogP contribution in [0.3, 0.4) is 0 Å². The van der Waals surface area contributed by atoms with Crippen molar-refractivity contribution in [3.63, 3.8) is 0 Å². The fraction of sp³-hybridized carbons (Fsp3) is 0.929. The topological polar surface area (TPSA) is 39.1 Å². The normalized spacial score (nSPS) is 34.0. The third-order valence-electron chi connectivity index (χ3n) is 4.38.